The summed E-state index contributed by atoms with van der Waals surface area (Å²) < 4.78 is 1.34. The highest BCUT2D eigenvalue weighted by atomic mass is 35.5. The van der Waals surface area contributed by atoms with Gasteiger partial charge in [-0.15, -0.1) is 11.3 Å². The highest BCUT2D eigenvalue weighted by Gasteiger charge is 2.05. The molecular formula is C16H14ClNS. The second kappa shape index (κ2) is 5.24. The van der Waals surface area contributed by atoms with E-state index in [2.05, 4.69) is 41.0 Å². The van der Waals surface area contributed by atoms with Gasteiger partial charge in [-0.05, 0) is 47.0 Å². The van der Waals surface area contributed by atoms with Crippen LogP contribution < -0.4 is 5.32 Å². The van der Waals surface area contributed by atoms with Gasteiger partial charge in [0.15, 0.2) is 0 Å². The first-order valence-corrected chi connectivity index (χ1v) is 7.45. The molecule has 0 aliphatic carbocycles. The molecule has 0 aliphatic rings. The van der Waals surface area contributed by atoms with E-state index >= 15 is 0 Å². The number of halogens is 1. The van der Waals surface area contributed by atoms with Gasteiger partial charge in [-0.2, -0.15) is 0 Å². The van der Waals surface area contributed by atoms with Crippen LogP contribution in [0.25, 0.3) is 10.1 Å². The highest BCUT2D eigenvalue weighted by Crippen LogP contribution is 2.28. The lowest BCUT2D eigenvalue weighted by Gasteiger charge is -2.10. The summed E-state index contributed by atoms with van der Waals surface area (Å²) in [6.07, 6.45) is 0. The molecule has 0 aliphatic heterocycles. The molecular weight excluding hydrogens is 274 g/mol. The average Bonchev–Trinajstić information content (AvgIpc) is 2.84. The third-order valence-electron chi connectivity index (χ3n) is 3.30. The van der Waals surface area contributed by atoms with Crippen molar-refractivity contribution in [2.45, 2.75) is 13.5 Å². The number of hydrogen-bond acceptors (Lipinski definition) is 2. The minimum atomic E-state index is 0.806. The lowest BCUT2D eigenvalue weighted by molar-refractivity contribution is 1.17. The van der Waals surface area contributed by atoms with Crippen LogP contribution in [-0.2, 0) is 6.54 Å². The maximum absolute atomic E-state index is 6.13. The summed E-state index contributed by atoms with van der Waals surface area (Å²) in [4.78, 5) is 0. The van der Waals surface area contributed by atoms with Gasteiger partial charge in [-0.3, -0.25) is 0 Å². The molecule has 2 aromatic carbocycles. The Morgan fingerprint density at radius 1 is 1.11 bits per heavy atom. The first kappa shape index (κ1) is 12.5. The molecule has 0 unspecified atom stereocenters. The zero-order valence-electron chi connectivity index (χ0n) is 10.6. The van der Waals surface area contributed by atoms with Gasteiger partial charge >= 0.3 is 0 Å². The molecule has 19 heavy (non-hydrogen) atoms. The minimum absolute atomic E-state index is 0.806. The van der Waals surface area contributed by atoms with Gasteiger partial charge in [0.25, 0.3) is 0 Å². The van der Waals surface area contributed by atoms with Gasteiger partial charge in [-0.25, -0.2) is 0 Å². The van der Waals surface area contributed by atoms with E-state index in [1.165, 1.54) is 15.6 Å². The van der Waals surface area contributed by atoms with E-state index in [4.69, 9.17) is 11.6 Å². The predicted octanol–water partition coefficient (Wildman–Crippen LogP) is 5.48. The van der Waals surface area contributed by atoms with Gasteiger partial charge in [0.1, 0.15) is 0 Å². The number of thiophene rings is 1. The van der Waals surface area contributed by atoms with Crippen LogP contribution in [0.3, 0.4) is 0 Å². The smallest absolute Gasteiger partial charge is 0.0455 e. The van der Waals surface area contributed by atoms with Crippen LogP contribution in [0.5, 0.6) is 0 Å². The molecule has 0 atom stereocenters. The molecule has 0 radical (unpaired) electrons. The topological polar surface area (TPSA) is 12.0 Å². The van der Waals surface area contributed by atoms with Crippen LogP contribution >= 0.6 is 22.9 Å². The van der Waals surface area contributed by atoms with Crippen LogP contribution in [0.4, 0.5) is 5.69 Å². The fourth-order valence-corrected chi connectivity index (χ4v) is 3.30. The van der Waals surface area contributed by atoms with Crippen molar-refractivity contribution in [1.82, 2.24) is 0 Å². The third kappa shape index (κ3) is 2.46. The normalized spacial score (nSPS) is 10.8. The van der Waals surface area contributed by atoms with E-state index in [9.17, 15) is 0 Å². The second-order valence-electron chi connectivity index (χ2n) is 4.52. The molecule has 0 spiro atoms. The number of hydrogen-bond donors (Lipinski definition) is 1. The van der Waals surface area contributed by atoms with Crippen molar-refractivity contribution < 1.29 is 0 Å². The summed E-state index contributed by atoms with van der Waals surface area (Å²) in [5.41, 5.74) is 3.53. The number of fused-ring (bicyclic) bond motifs is 1. The number of anilines is 1. The maximum Gasteiger partial charge on any atom is 0.0455 e. The largest absolute Gasteiger partial charge is 0.381 e. The van der Waals surface area contributed by atoms with Crippen LogP contribution in [0, 0.1) is 6.92 Å². The molecule has 1 nitrogen and oxygen atoms in total. The maximum atomic E-state index is 6.13. The summed E-state index contributed by atoms with van der Waals surface area (Å²) in [5, 5.41) is 7.83. The molecule has 96 valence electrons. The third-order valence-corrected chi connectivity index (χ3v) is 4.72. The lowest BCUT2D eigenvalue weighted by atomic mass is 10.1. The number of rotatable bonds is 3. The minimum Gasteiger partial charge on any atom is -0.381 e. The summed E-state index contributed by atoms with van der Waals surface area (Å²) in [5.74, 6) is 0. The van der Waals surface area contributed by atoms with Gasteiger partial charge in [0.2, 0.25) is 0 Å². The van der Waals surface area contributed by atoms with Crippen molar-refractivity contribution in [1.29, 1.82) is 0 Å². The first-order valence-electron chi connectivity index (χ1n) is 6.20. The molecule has 0 fully saturated rings. The Balaban J connectivity index is 1.84. The number of benzene rings is 2. The molecule has 1 aromatic heterocycles. The molecule has 0 bridgehead atoms. The predicted molar refractivity (Wildman–Crippen MR) is 85.3 cm³/mol. The Morgan fingerprint density at radius 2 is 1.95 bits per heavy atom. The van der Waals surface area contributed by atoms with E-state index in [0.29, 0.717) is 0 Å². The van der Waals surface area contributed by atoms with E-state index in [1.807, 2.05) is 19.1 Å². The summed E-state index contributed by atoms with van der Waals surface area (Å²) >= 11 is 7.92. The lowest BCUT2D eigenvalue weighted by Crippen LogP contribution is -2.00. The van der Waals surface area contributed by atoms with Gasteiger partial charge in [0, 0.05) is 22.0 Å². The van der Waals surface area contributed by atoms with Crippen molar-refractivity contribution in [3.8, 4) is 0 Å². The zero-order chi connectivity index (χ0) is 13.2. The van der Waals surface area contributed by atoms with Crippen molar-refractivity contribution in [2.24, 2.45) is 0 Å². The van der Waals surface area contributed by atoms with Crippen molar-refractivity contribution in [3.63, 3.8) is 0 Å². The Labute approximate surface area is 121 Å². The highest BCUT2D eigenvalue weighted by molar-refractivity contribution is 7.17. The molecule has 3 aromatic rings. The van der Waals surface area contributed by atoms with Crippen molar-refractivity contribution >= 4 is 38.7 Å². The molecule has 0 saturated heterocycles. The van der Waals surface area contributed by atoms with Crippen LogP contribution in [0.15, 0.2) is 47.8 Å². The van der Waals surface area contributed by atoms with Gasteiger partial charge in [0.05, 0.1) is 0 Å². The summed E-state index contributed by atoms with van der Waals surface area (Å²) in [6, 6.07) is 14.5. The molecule has 3 rings (SSSR count). The monoisotopic (exact) mass is 287 g/mol. The fourth-order valence-electron chi connectivity index (χ4n) is 2.16. The quantitative estimate of drug-likeness (QED) is 0.673. The van der Waals surface area contributed by atoms with Gasteiger partial charge in [-0.1, -0.05) is 35.9 Å². The van der Waals surface area contributed by atoms with Crippen molar-refractivity contribution in [3.05, 3.63) is 64.0 Å². The molecule has 1 N–H and O–H groups in total. The van der Waals surface area contributed by atoms with E-state index in [-0.39, 0.29) is 0 Å². The zero-order valence-corrected chi connectivity index (χ0v) is 12.2. The second-order valence-corrected chi connectivity index (χ2v) is 5.84. The first-order chi connectivity index (χ1) is 9.25. The number of nitrogens with one attached hydrogen (secondary N) is 1. The summed E-state index contributed by atoms with van der Waals surface area (Å²) in [6.45, 7) is 2.86. The van der Waals surface area contributed by atoms with Crippen molar-refractivity contribution in [2.75, 3.05) is 5.32 Å². The van der Waals surface area contributed by atoms with Gasteiger partial charge < -0.3 is 5.32 Å². The molecule has 0 amide bonds. The van der Waals surface area contributed by atoms with Crippen LogP contribution in [0.1, 0.15) is 11.1 Å². The Kier molecular flexibility index (Phi) is 3.45. The standard InChI is InChI=1S/C16H14ClNS/c1-11-14(17)6-4-7-15(11)18-9-12-10-19-16-8-3-2-5-13(12)16/h2-8,10,18H,9H2,1H3. The molecule has 0 saturated carbocycles. The Hall–Kier alpha value is -1.51. The molecule has 1 heterocycles. The Bertz CT molecular complexity index is 718. The SMILES string of the molecule is Cc1c(Cl)cccc1NCc1csc2ccccc12. The van der Waals surface area contributed by atoms with E-state index in [0.717, 1.165) is 22.8 Å². The average molecular weight is 288 g/mol. The van der Waals surface area contributed by atoms with Crippen LogP contribution in [0.2, 0.25) is 5.02 Å². The van der Waals surface area contributed by atoms with Crippen LogP contribution in [-0.4, -0.2) is 0 Å². The Morgan fingerprint density at radius 3 is 2.84 bits per heavy atom. The van der Waals surface area contributed by atoms with E-state index in [1.54, 1.807) is 11.3 Å². The fraction of sp³-hybridized carbons (Fsp3) is 0.125. The van der Waals surface area contributed by atoms with E-state index < -0.39 is 0 Å². The summed E-state index contributed by atoms with van der Waals surface area (Å²) in [7, 11) is 0. The molecule has 3 heteroatoms.